The molecule has 2 aromatic carbocycles. The molecule has 1 aliphatic rings. The zero-order valence-electron chi connectivity index (χ0n) is 15.2. The molecule has 1 fully saturated rings. The summed E-state index contributed by atoms with van der Waals surface area (Å²) < 4.78 is 39.8. The molecule has 9 heteroatoms. The Kier molecular flexibility index (Phi) is 5.76. The van der Waals surface area contributed by atoms with Crippen molar-refractivity contribution in [2.45, 2.75) is 30.7 Å². The number of hydrogen-bond donors (Lipinski definition) is 2. The van der Waals surface area contributed by atoms with E-state index in [0.29, 0.717) is 12.8 Å². The zero-order valence-corrected chi connectivity index (χ0v) is 16.0. The Morgan fingerprint density at radius 2 is 1.68 bits per heavy atom. The number of halogens is 1. The van der Waals surface area contributed by atoms with Crippen molar-refractivity contribution < 1.29 is 22.4 Å². The molecular formula is C19H20FN3O4S. The van der Waals surface area contributed by atoms with E-state index < -0.39 is 33.7 Å². The Labute approximate surface area is 162 Å². The Balaban J connectivity index is 1.68. The number of carbonyl (C=O) groups excluding carboxylic acids is 2. The molecule has 28 heavy (non-hydrogen) atoms. The second-order valence-corrected chi connectivity index (χ2v) is 8.43. The molecule has 1 saturated heterocycles. The smallest absolute Gasteiger partial charge is 0.269 e. The number of amides is 2. The fourth-order valence-electron chi connectivity index (χ4n) is 3.01. The number of hydrogen-bond acceptors (Lipinski definition) is 4. The number of hydrazine groups is 1. The van der Waals surface area contributed by atoms with E-state index in [1.807, 2.05) is 6.92 Å². The number of nitrogens with zero attached hydrogens (tertiary/aromatic N) is 1. The molecule has 0 radical (unpaired) electrons. The molecule has 0 aromatic heterocycles. The van der Waals surface area contributed by atoms with Gasteiger partial charge in [-0.1, -0.05) is 17.7 Å². The number of carbonyl (C=O) groups is 2. The molecule has 0 spiro atoms. The van der Waals surface area contributed by atoms with Crippen LogP contribution in [-0.2, 0) is 14.8 Å². The summed E-state index contributed by atoms with van der Waals surface area (Å²) in [5.41, 5.74) is 5.59. The van der Waals surface area contributed by atoms with Gasteiger partial charge in [0.05, 0.1) is 4.90 Å². The van der Waals surface area contributed by atoms with Gasteiger partial charge in [-0.2, -0.15) is 4.31 Å². The third-order valence-corrected chi connectivity index (χ3v) is 6.46. The number of rotatable bonds is 4. The normalized spacial score (nSPS) is 17.3. The molecule has 0 unspecified atom stereocenters. The van der Waals surface area contributed by atoms with Gasteiger partial charge < -0.3 is 0 Å². The zero-order chi connectivity index (χ0) is 20.3. The first-order chi connectivity index (χ1) is 13.3. The Morgan fingerprint density at radius 1 is 1.04 bits per heavy atom. The molecule has 3 rings (SSSR count). The molecular weight excluding hydrogens is 385 g/mol. The van der Waals surface area contributed by atoms with Crippen LogP contribution < -0.4 is 10.9 Å². The summed E-state index contributed by atoms with van der Waals surface area (Å²) in [5, 5.41) is 0. The number of nitrogens with one attached hydrogen (secondary N) is 2. The molecule has 2 aromatic rings. The van der Waals surface area contributed by atoms with Crippen molar-refractivity contribution in [3.63, 3.8) is 0 Å². The van der Waals surface area contributed by atoms with Crippen LogP contribution in [0.5, 0.6) is 0 Å². The van der Waals surface area contributed by atoms with E-state index in [2.05, 4.69) is 10.9 Å². The third-order valence-electron chi connectivity index (χ3n) is 4.54. The van der Waals surface area contributed by atoms with Gasteiger partial charge in [0.25, 0.3) is 11.8 Å². The first-order valence-electron chi connectivity index (χ1n) is 8.73. The lowest BCUT2D eigenvalue weighted by molar-refractivity contribution is -0.125. The van der Waals surface area contributed by atoms with Gasteiger partial charge in [-0.05, 0) is 56.2 Å². The topological polar surface area (TPSA) is 95.6 Å². The maximum atomic E-state index is 12.9. The van der Waals surface area contributed by atoms with E-state index in [4.69, 9.17) is 0 Å². The predicted molar refractivity (Wildman–Crippen MR) is 100 cm³/mol. The van der Waals surface area contributed by atoms with Gasteiger partial charge in [0, 0.05) is 12.1 Å². The minimum Gasteiger partial charge on any atom is -0.271 e. The molecule has 1 atom stereocenters. The Hall–Kier alpha value is -2.78. The van der Waals surface area contributed by atoms with Crippen LogP contribution in [-0.4, -0.2) is 37.1 Å². The quantitative estimate of drug-likeness (QED) is 0.758. The first-order valence-corrected chi connectivity index (χ1v) is 10.2. The molecule has 1 heterocycles. The molecule has 2 amide bonds. The molecule has 148 valence electrons. The van der Waals surface area contributed by atoms with Gasteiger partial charge >= 0.3 is 0 Å². The summed E-state index contributed by atoms with van der Waals surface area (Å²) in [6.45, 7) is 2.08. The first kappa shape index (κ1) is 20.0. The van der Waals surface area contributed by atoms with Crippen molar-refractivity contribution >= 4 is 21.8 Å². The summed E-state index contributed by atoms with van der Waals surface area (Å²) in [6.07, 6.45) is 0.887. The molecule has 1 aliphatic heterocycles. The molecule has 0 bridgehead atoms. The molecule has 2 N–H and O–H groups in total. The van der Waals surface area contributed by atoms with E-state index in [-0.39, 0.29) is 17.0 Å². The lowest BCUT2D eigenvalue weighted by Gasteiger charge is -2.23. The van der Waals surface area contributed by atoms with Crippen LogP contribution in [0, 0.1) is 12.7 Å². The van der Waals surface area contributed by atoms with Gasteiger partial charge in [0.15, 0.2) is 0 Å². The maximum absolute atomic E-state index is 12.9. The second-order valence-electron chi connectivity index (χ2n) is 6.54. The Morgan fingerprint density at radius 3 is 2.32 bits per heavy atom. The van der Waals surface area contributed by atoms with E-state index in [1.54, 1.807) is 12.1 Å². The van der Waals surface area contributed by atoms with Crippen LogP contribution in [0.2, 0.25) is 0 Å². The summed E-state index contributed by atoms with van der Waals surface area (Å²) >= 11 is 0. The van der Waals surface area contributed by atoms with E-state index in [0.717, 1.165) is 22.0 Å². The van der Waals surface area contributed by atoms with Crippen molar-refractivity contribution in [1.82, 2.24) is 15.2 Å². The van der Waals surface area contributed by atoms with Crippen molar-refractivity contribution in [2.24, 2.45) is 0 Å². The highest BCUT2D eigenvalue weighted by atomic mass is 32.2. The summed E-state index contributed by atoms with van der Waals surface area (Å²) in [6, 6.07) is 10.3. The van der Waals surface area contributed by atoms with E-state index in [1.165, 1.54) is 24.3 Å². The summed E-state index contributed by atoms with van der Waals surface area (Å²) in [5.74, 6) is -1.73. The van der Waals surface area contributed by atoms with Gasteiger partial charge in [-0.3, -0.25) is 20.4 Å². The SMILES string of the molecule is Cc1ccc(S(=O)(=O)N2CCC[C@H]2C(=O)NNC(=O)c2ccc(F)cc2)cc1. The largest absolute Gasteiger partial charge is 0.271 e. The molecule has 7 nitrogen and oxygen atoms in total. The monoisotopic (exact) mass is 405 g/mol. The standard InChI is InChI=1S/C19H20FN3O4S/c1-13-4-10-16(11-5-13)28(26,27)23-12-2-3-17(23)19(25)22-21-18(24)14-6-8-15(20)9-7-14/h4-11,17H,2-3,12H2,1H3,(H,21,24)(H,22,25)/t17-/m0/s1. The molecule has 0 aliphatic carbocycles. The van der Waals surface area contributed by atoms with Crippen LogP contribution in [0.4, 0.5) is 4.39 Å². The summed E-state index contributed by atoms with van der Waals surface area (Å²) in [7, 11) is -3.83. The van der Waals surface area contributed by atoms with Crippen molar-refractivity contribution in [2.75, 3.05) is 6.54 Å². The van der Waals surface area contributed by atoms with Crippen LogP contribution in [0.25, 0.3) is 0 Å². The minimum atomic E-state index is -3.83. The van der Waals surface area contributed by atoms with Gasteiger partial charge in [-0.15, -0.1) is 0 Å². The lowest BCUT2D eigenvalue weighted by Crippen LogP contribution is -2.51. The Bertz CT molecular complexity index is 975. The highest BCUT2D eigenvalue weighted by Crippen LogP contribution is 2.26. The van der Waals surface area contributed by atoms with Crippen molar-refractivity contribution in [3.8, 4) is 0 Å². The van der Waals surface area contributed by atoms with Crippen LogP contribution in [0.1, 0.15) is 28.8 Å². The number of aryl methyl sites for hydroxylation is 1. The fourth-order valence-corrected chi connectivity index (χ4v) is 4.67. The van der Waals surface area contributed by atoms with Crippen LogP contribution >= 0.6 is 0 Å². The lowest BCUT2D eigenvalue weighted by atomic mass is 10.2. The minimum absolute atomic E-state index is 0.119. The second kappa shape index (κ2) is 8.07. The highest BCUT2D eigenvalue weighted by Gasteiger charge is 2.39. The number of sulfonamides is 1. The highest BCUT2D eigenvalue weighted by molar-refractivity contribution is 7.89. The molecule has 0 saturated carbocycles. The van der Waals surface area contributed by atoms with Crippen LogP contribution in [0.15, 0.2) is 53.4 Å². The maximum Gasteiger partial charge on any atom is 0.269 e. The summed E-state index contributed by atoms with van der Waals surface area (Å²) in [4.78, 5) is 24.6. The van der Waals surface area contributed by atoms with Crippen molar-refractivity contribution in [1.29, 1.82) is 0 Å². The third kappa shape index (κ3) is 4.20. The fraction of sp³-hybridized carbons (Fsp3) is 0.263. The van der Waals surface area contributed by atoms with Gasteiger partial charge in [0.1, 0.15) is 11.9 Å². The number of benzene rings is 2. The average Bonchev–Trinajstić information content (AvgIpc) is 3.17. The van der Waals surface area contributed by atoms with Crippen molar-refractivity contribution in [3.05, 3.63) is 65.5 Å². The van der Waals surface area contributed by atoms with Gasteiger partial charge in [0.2, 0.25) is 10.0 Å². The van der Waals surface area contributed by atoms with E-state index >= 15 is 0 Å². The van der Waals surface area contributed by atoms with Crippen LogP contribution in [0.3, 0.4) is 0 Å². The average molecular weight is 405 g/mol. The predicted octanol–water partition coefficient (Wildman–Crippen LogP) is 1.75. The van der Waals surface area contributed by atoms with E-state index in [9.17, 15) is 22.4 Å². The van der Waals surface area contributed by atoms with Gasteiger partial charge in [-0.25, -0.2) is 12.8 Å².